The predicted octanol–water partition coefficient (Wildman–Crippen LogP) is 4.00. The van der Waals surface area contributed by atoms with E-state index in [0.717, 1.165) is 43.5 Å². The molecule has 1 atom stereocenters. The Labute approximate surface area is 145 Å². The van der Waals surface area contributed by atoms with E-state index in [-0.39, 0.29) is 11.9 Å². The summed E-state index contributed by atoms with van der Waals surface area (Å²) in [4.78, 5) is 6.42. The maximum absolute atomic E-state index is 13.1. The van der Waals surface area contributed by atoms with E-state index in [1.165, 1.54) is 12.1 Å². The van der Waals surface area contributed by atoms with Crippen molar-refractivity contribution in [2.24, 2.45) is 0 Å². The molecule has 1 fully saturated rings. The first-order chi connectivity index (χ1) is 12.3. The lowest BCUT2D eigenvalue weighted by Gasteiger charge is -2.33. The van der Waals surface area contributed by atoms with Crippen molar-refractivity contribution in [2.75, 3.05) is 6.54 Å². The van der Waals surface area contributed by atoms with Crippen LogP contribution in [0.5, 0.6) is 0 Å². The zero-order valence-corrected chi connectivity index (χ0v) is 13.8. The molecule has 1 aliphatic heterocycles. The van der Waals surface area contributed by atoms with E-state index in [1.54, 1.807) is 12.4 Å². The largest absolute Gasteiger partial charge is 0.419 e. The Morgan fingerprint density at radius 1 is 1.12 bits per heavy atom. The highest BCUT2D eigenvalue weighted by Gasteiger charge is 2.28. The first-order valence-corrected chi connectivity index (χ1v) is 8.52. The second-order valence-electron chi connectivity index (χ2n) is 6.30. The molecular weight excluding hydrogens is 319 g/mol. The average molecular weight is 338 g/mol. The lowest BCUT2D eigenvalue weighted by atomic mass is 10.0. The maximum atomic E-state index is 13.1. The Morgan fingerprint density at radius 2 is 2.00 bits per heavy atom. The minimum Gasteiger partial charge on any atom is -0.419 e. The van der Waals surface area contributed by atoms with Gasteiger partial charge in [-0.3, -0.25) is 9.88 Å². The van der Waals surface area contributed by atoms with E-state index >= 15 is 0 Å². The van der Waals surface area contributed by atoms with Gasteiger partial charge >= 0.3 is 0 Å². The summed E-state index contributed by atoms with van der Waals surface area (Å²) in [5, 5.41) is 8.46. The Hall–Kier alpha value is -2.60. The minimum atomic E-state index is -0.211. The number of nitrogens with zero attached hydrogens (tertiary/aromatic N) is 4. The van der Waals surface area contributed by atoms with Crippen LogP contribution in [0.3, 0.4) is 0 Å². The van der Waals surface area contributed by atoms with Gasteiger partial charge in [-0.05, 0) is 49.2 Å². The molecule has 0 bridgehead atoms. The molecule has 1 aromatic carbocycles. The van der Waals surface area contributed by atoms with Crippen LogP contribution < -0.4 is 0 Å². The van der Waals surface area contributed by atoms with Crippen molar-refractivity contribution in [3.8, 4) is 11.5 Å². The highest BCUT2D eigenvalue weighted by molar-refractivity contribution is 5.49. The molecule has 0 amide bonds. The quantitative estimate of drug-likeness (QED) is 0.720. The topological polar surface area (TPSA) is 55.1 Å². The van der Waals surface area contributed by atoms with E-state index in [9.17, 15) is 4.39 Å². The van der Waals surface area contributed by atoms with Crippen LogP contribution in [0.25, 0.3) is 11.5 Å². The fraction of sp³-hybridized carbons (Fsp3) is 0.316. The summed E-state index contributed by atoms with van der Waals surface area (Å²) < 4.78 is 19.1. The summed E-state index contributed by atoms with van der Waals surface area (Å²) >= 11 is 0. The standard InChI is InChI=1S/C19H19FN4O/c20-16-8-6-14(7-9-16)13-24-11-2-1-5-17(24)19-23-22-18(25-19)15-4-3-10-21-12-15/h3-4,6-10,12,17H,1-2,5,11,13H2. The molecule has 1 aliphatic rings. The Balaban J connectivity index is 1.55. The first-order valence-electron chi connectivity index (χ1n) is 8.52. The molecule has 1 unspecified atom stereocenters. The van der Waals surface area contributed by atoms with Gasteiger partial charge in [0.15, 0.2) is 0 Å². The molecule has 5 nitrogen and oxygen atoms in total. The summed E-state index contributed by atoms with van der Waals surface area (Å²) in [6.45, 7) is 1.71. The van der Waals surface area contributed by atoms with Crippen molar-refractivity contribution in [1.82, 2.24) is 20.1 Å². The molecule has 0 aliphatic carbocycles. The fourth-order valence-electron chi connectivity index (χ4n) is 3.26. The summed E-state index contributed by atoms with van der Waals surface area (Å²) in [5.74, 6) is 0.924. The van der Waals surface area contributed by atoms with Crippen LogP contribution in [0, 0.1) is 5.82 Å². The van der Waals surface area contributed by atoms with Gasteiger partial charge in [-0.15, -0.1) is 10.2 Å². The zero-order valence-electron chi connectivity index (χ0n) is 13.8. The number of rotatable bonds is 4. The molecule has 0 saturated carbocycles. The Morgan fingerprint density at radius 3 is 2.80 bits per heavy atom. The lowest BCUT2D eigenvalue weighted by Crippen LogP contribution is -2.33. The van der Waals surface area contributed by atoms with Crippen LogP contribution in [0.2, 0.25) is 0 Å². The molecule has 2 aromatic heterocycles. The van der Waals surface area contributed by atoms with Crippen LogP contribution >= 0.6 is 0 Å². The molecule has 4 rings (SSSR count). The smallest absolute Gasteiger partial charge is 0.249 e. The normalized spacial score (nSPS) is 18.4. The van der Waals surface area contributed by atoms with Gasteiger partial charge in [0.05, 0.1) is 11.6 Å². The summed E-state index contributed by atoms with van der Waals surface area (Å²) in [5.41, 5.74) is 1.91. The van der Waals surface area contributed by atoms with Gasteiger partial charge in [-0.25, -0.2) is 4.39 Å². The third-order valence-corrected chi connectivity index (χ3v) is 4.55. The SMILES string of the molecule is Fc1ccc(CN2CCCCC2c2nnc(-c3cccnc3)o2)cc1. The lowest BCUT2D eigenvalue weighted by molar-refractivity contribution is 0.118. The number of pyridine rings is 1. The average Bonchev–Trinajstić information content (AvgIpc) is 3.15. The van der Waals surface area contributed by atoms with E-state index in [2.05, 4.69) is 20.1 Å². The summed E-state index contributed by atoms with van der Waals surface area (Å²) in [6, 6.07) is 10.5. The Kier molecular flexibility index (Phi) is 4.52. The highest BCUT2D eigenvalue weighted by Crippen LogP contribution is 2.32. The maximum Gasteiger partial charge on any atom is 0.249 e. The van der Waals surface area contributed by atoms with Gasteiger partial charge < -0.3 is 4.42 Å². The summed E-state index contributed by atoms with van der Waals surface area (Å²) in [7, 11) is 0. The molecule has 25 heavy (non-hydrogen) atoms. The monoisotopic (exact) mass is 338 g/mol. The second kappa shape index (κ2) is 7.11. The number of halogens is 1. The zero-order chi connectivity index (χ0) is 17.1. The van der Waals surface area contributed by atoms with Crippen molar-refractivity contribution in [2.45, 2.75) is 31.8 Å². The molecule has 0 N–H and O–H groups in total. The van der Waals surface area contributed by atoms with E-state index in [0.29, 0.717) is 11.8 Å². The van der Waals surface area contributed by atoms with Crippen LogP contribution in [0.15, 0.2) is 53.2 Å². The van der Waals surface area contributed by atoms with Crippen LogP contribution in [0.4, 0.5) is 4.39 Å². The molecule has 3 aromatic rings. The molecular formula is C19H19FN4O. The number of aromatic nitrogens is 3. The number of piperidine rings is 1. The van der Waals surface area contributed by atoms with Crippen molar-refractivity contribution in [3.05, 3.63) is 66.1 Å². The third kappa shape index (κ3) is 3.58. The molecule has 1 saturated heterocycles. The van der Waals surface area contributed by atoms with Crippen molar-refractivity contribution in [1.29, 1.82) is 0 Å². The number of hydrogen-bond acceptors (Lipinski definition) is 5. The molecule has 0 spiro atoms. The molecule has 3 heterocycles. The number of benzene rings is 1. The van der Waals surface area contributed by atoms with Crippen LogP contribution in [0.1, 0.15) is 36.8 Å². The van der Waals surface area contributed by atoms with Gasteiger partial charge in [0, 0.05) is 18.9 Å². The van der Waals surface area contributed by atoms with E-state index in [4.69, 9.17) is 4.42 Å². The molecule has 6 heteroatoms. The molecule has 0 radical (unpaired) electrons. The van der Waals surface area contributed by atoms with Gasteiger partial charge in [-0.1, -0.05) is 18.6 Å². The van der Waals surface area contributed by atoms with Crippen LogP contribution in [-0.4, -0.2) is 26.6 Å². The second-order valence-corrected chi connectivity index (χ2v) is 6.30. The van der Waals surface area contributed by atoms with Crippen molar-refractivity contribution >= 4 is 0 Å². The summed E-state index contributed by atoms with van der Waals surface area (Å²) in [6.07, 6.45) is 6.69. The minimum absolute atomic E-state index is 0.0942. The van der Waals surface area contributed by atoms with Gasteiger partial charge in [-0.2, -0.15) is 0 Å². The van der Waals surface area contributed by atoms with E-state index < -0.39 is 0 Å². The first kappa shape index (κ1) is 15.9. The molecule has 128 valence electrons. The van der Waals surface area contributed by atoms with Gasteiger partial charge in [0.25, 0.3) is 0 Å². The van der Waals surface area contributed by atoms with Gasteiger partial charge in [0.1, 0.15) is 5.82 Å². The van der Waals surface area contributed by atoms with Crippen molar-refractivity contribution in [3.63, 3.8) is 0 Å². The third-order valence-electron chi connectivity index (χ3n) is 4.55. The van der Waals surface area contributed by atoms with Gasteiger partial charge in [0.2, 0.25) is 11.8 Å². The number of likely N-dealkylation sites (tertiary alicyclic amines) is 1. The number of hydrogen-bond donors (Lipinski definition) is 0. The van der Waals surface area contributed by atoms with Crippen LogP contribution in [-0.2, 0) is 6.54 Å². The Bertz CT molecular complexity index is 819. The van der Waals surface area contributed by atoms with E-state index in [1.807, 2.05) is 24.3 Å². The highest BCUT2D eigenvalue weighted by atomic mass is 19.1. The fourth-order valence-corrected chi connectivity index (χ4v) is 3.26. The predicted molar refractivity (Wildman–Crippen MR) is 90.9 cm³/mol. The van der Waals surface area contributed by atoms with Crippen molar-refractivity contribution < 1.29 is 8.81 Å².